The van der Waals surface area contributed by atoms with Gasteiger partial charge in [0.15, 0.2) is 0 Å². The van der Waals surface area contributed by atoms with Gasteiger partial charge in [-0.1, -0.05) is 50.0 Å². The Bertz CT molecular complexity index is 427. The second kappa shape index (κ2) is 5.35. The maximum absolute atomic E-state index is 4.61. The van der Waals surface area contributed by atoms with E-state index in [1.54, 1.807) is 16.7 Å². The van der Waals surface area contributed by atoms with Gasteiger partial charge in [-0.15, -0.1) is 0 Å². The van der Waals surface area contributed by atoms with Gasteiger partial charge in [-0.3, -0.25) is 0 Å². The van der Waals surface area contributed by atoms with Crippen LogP contribution in [0.1, 0.15) is 78.6 Å². The summed E-state index contributed by atoms with van der Waals surface area (Å²) in [6.45, 7) is 12.0. The van der Waals surface area contributed by atoms with Crippen LogP contribution in [-0.4, -0.2) is 0 Å². The van der Waals surface area contributed by atoms with Gasteiger partial charge in [-0.2, -0.15) is 0 Å². The van der Waals surface area contributed by atoms with Gasteiger partial charge >= 0.3 is 0 Å². The van der Waals surface area contributed by atoms with Crippen LogP contribution in [0.5, 0.6) is 0 Å². The predicted octanol–water partition coefficient (Wildman–Crippen LogP) is 6.29. The zero-order chi connectivity index (χ0) is 14.3. The van der Waals surface area contributed by atoms with E-state index in [1.807, 2.05) is 0 Å². The Morgan fingerprint density at radius 2 is 1.85 bits per heavy atom. The van der Waals surface area contributed by atoms with E-state index in [0.717, 1.165) is 17.8 Å². The first-order valence-electron chi connectivity index (χ1n) is 8.88. The van der Waals surface area contributed by atoms with Gasteiger partial charge in [0.1, 0.15) is 0 Å². The Kier molecular flexibility index (Phi) is 3.86. The van der Waals surface area contributed by atoms with Gasteiger partial charge in [0.2, 0.25) is 0 Å². The quantitative estimate of drug-likeness (QED) is 0.455. The lowest BCUT2D eigenvalue weighted by molar-refractivity contribution is 0.177. The lowest BCUT2D eigenvalue weighted by Crippen LogP contribution is -2.33. The minimum absolute atomic E-state index is 0.545. The molecule has 0 spiro atoms. The minimum Gasteiger partial charge on any atom is -0.0990 e. The molecule has 3 rings (SSSR count). The van der Waals surface area contributed by atoms with Crippen LogP contribution in [0.4, 0.5) is 0 Å². The van der Waals surface area contributed by atoms with Crippen molar-refractivity contribution in [3.05, 3.63) is 23.3 Å². The van der Waals surface area contributed by atoms with Crippen LogP contribution < -0.4 is 0 Å². The molecule has 0 nitrogen and oxygen atoms in total. The molecule has 0 aromatic heterocycles. The minimum atomic E-state index is 0.545. The molecule has 3 aliphatic carbocycles. The van der Waals surface area contributed by atoms with Crippen LogP contribution in [0.2, 0.25) is 0 Å². The summed E-state index contributed by atoms with van der Waals surface area (Å²) >= 11 is 0. The summed E-state index contributed by atoms with van der Waals surface area (Å²) in [5.41, 5.74) is 5.68. The predicted molar refractivity (Wildman–Crippen MR) is 87.6 cm³/mol. The van der Waals surface area contributed by atoms with E-state index in [9.17, 15) is 0 Å². The van der Waals surface area contributed by atoms with Crippen LogP contribution in [0.15, 0.2) is 23.3 Å². The van der Waals surface area contributed by atoms with E-state index in [-0.39, 0.29) is 0 Å². The molecule has 20 heavy (non-hydrogen) atoms. The first-order chi connectivity index (χ1) is 9.51. The zero-order valence-electron chi connectivity index (χ0n) is 13.8. The molecule has 2 bridgehead atoms. The number of allylic oxidation sites excluding steroid dienone is 3. The molecule has 0 aliphatic heterocycles. The SMILES string of the molecule is C=C1C2CC[C@@H](C)CCCC(C)=C3CC[C@](C)(CC2)[C@H]13. The fourth-order valence-electron chi connectivity index (χ4n) is 5.29. The van der Waals surface area contributed by atoms with Gasteiger partial charge < -0.3 is 0 Å². The summed E-state index contributed by atoms with van der Waals surface area (Å²) in [4.78, 5) is 0. The first-order valence-corrected chi connectivity index (χ1v) is 8.88. The molecular formula is C20H32. The van der Waals surface area contributed by atoms with Gasteiger partial charge in [0.25, 0.3) is 0 Å². The normalized spacial score (nSPS) is 42.5. The first kappa shape index (κ1) is 14.4. The second-order valence-corrected chi connectivity index (χ2v) is 8.28. The Morgan fingerprint density at radius 3 is 2.65 bits per heavy atom. The van der Waals surface area contributed by atoms with Crippen molar-refractivity contribution in [3.63, 3.8) is 0 Å². The van der Waals surface area contributed by atoms with Crippen molar-refractivity contribution >= 4 is 0 Å². The lowest BCUT2D eigenvalue weighted by Gasteiger charge is -2.43. The average molecular weight is 272 g/mol. The Balaban J connectivity index is 1.96. The highest BCUT2D eigenvalue weighted by Crippen LogP contribution is 2.59. The Hall–Kier alpha value is -0.520. The van der Waals surface area contributed by atoms with Crippen LogP contribution in [-0.2, 0) is 0 Å². The summed E-state index contributed by atoms with van der Waals surface area (Å²) in [7, 11) is 0. The summed E-state index contributed by atoms with van der Waals surface area (Å²) in [6.07, 6.45) is 12.6. The smallest absolute Gasteiger partial charge is 0.00636 e. The highest BCUT2D eigenvalue weighted by atomic mass is 14.5. The van der Waals surface area contributed by atoms with Crippen LogP contribution in [0, 0.1) is 23.2 Å². The van der Waals surface area contributed by atoms with E-state index >= 15 is 0 Å². The summed E-state index contributed by atoms with van der Waals surface area (Å²) < 4.78 is 0. The molecule has 0 aromatic rings. The monoisotopic (exact) mass is 272 g/mol. The molecule has 4 atom stereocenters. The van der Waals surface area contributed by atoms with Gasteiger partial charge in [-0.05, 0) is 69.1 Å². The van der Waals surface area contributed by atoms with Crippen molar-refractivity contribution in [3.8, 4) is 0 Å². The molecule has 0 heteroatoms. The fraction of sp³-hybridized carbons (Fsp3) is 0.800. The Labute approximate surface area is 125 Å². The van der Waals surface area contributed by atoms with E-state index in [4.69, 9.17) is 0 Å². The average Bonchev–Trinajstić information content (AvgIpc) is 2.75. The van der Waals surface area contributed by atoms with Gasteiger partial charge in [-0.25, -0.2) is 0 Å². The third-order valence-corrected chi connectivity index (χ3v) is 6.77. The second-order valence-electron chi connectivity index (χ2n) is 8.28. The molecule has 0 radical (unpaired) electrons. The third kappa shape index (κ3) is 2.40. The number of rotatable bonds is 0. The maximum atomic E-state index is 4.61. The molecule has 2 saturated carbocycles. The van der Waals surface area contributed by atoms with Crippen LogP contribution in [0.25, 0.3) is 0 Å². The summed E-state index contributed by atoms with van der Waals surface area (Å²) in [5, 5.41) is 0. The zero-order valence-corrected chi connectivity index (χ0v) is 13.8. The van der Waals surface area contributed by atoms with E-state index in [1.165, 1.54) is 57.8 Å². The van der Waals surface area contributed by atoms with Crippen molar-refractivity contribution in [2.24, 2.45) is 23.2 Å². The molecule has 112 valence electrons. The highest BCUT2D eigenvalue weighted by molar-refractivity contribution is 5.34. The largest absolute Gasteiger partial charge is 0.0990 e. The molecular weight excluding hydrogens is 240 g/mol. The third-order valence-electron chi connectivity index (χ3n) is 6.77. The molecule has 0 N–H and O–H groups in total. The molecule has 0 saturated heterocycles. The fourth-order valence-corrected chi connectivity index (χ4v) is 5.29. The van der Waals surface area contributed by atoms with Gasteiger partial charge in [0, 0.05) is 5.92 Å². The van der Waals surface area contributed by atoms with Crippen molar-refractivity contribution in [1.29, 1.82) is 0 Å². The van der Waals surface area contributed by atoms with Crippen molar-refractivity contribution in [2.45, 2.75) is 78.6 Å². The molecule has 0 heterocycles. The lowest BCUT2D eigenvalue weighted by atomic mass is 9.62. The van der Waals surface area contributed by atoms with Crippen molar-refractivity contribution in [2.75, 3.05) is 0 Å². The summed E-state index contributed by atoms with van der Waals surface area (Å²) in [5.74, 6) is 2.45. The molecule has 0 aromatic carbocycles. The summed E-state index contributed by atoms with van der Waals surface area (Å²) in [6, 6.07) is 0. The molecule has 2 fully saturated rings. The maximum Gasteiger partial charge on any atom is 0.00636 e. The number of hydrogen-bond acceptors (Lipinski definition) is 0. The standard InChI is InChI=1S/C20H32/c1-14-6-5-7-15(2)18-11-13-20(4)12-10-17(9-8-14)16(3)19(18)20/h14,17,19H,3,5-13H2,1-2,4H3/t14-,17?,19+,20-/m0/s1. The van der Waals surface area contributed by atoms with Crippen LogP contribution >= 0.6 is 0 Å². The van der Waals surface area contributed by atoms with E-state index in [2.05, 4.69) is 27.4 Å². The van der Waals surface area contributed by atoms with Crippen LogP contribution in [0.3, 0.4) is 0 Å². The number of hydrogen-bond donors (Lipinski definition) is 0. The van der Waals surface area contributed by atoms with E-state index < -0.39 is 0 Å². The number of fused-ring (bicyclic) bond motifs is 1. The van der Waals surface area contributed by atoms with Crippen molar-refractivity contribution in [1.82, 2.24) is 0 Å². The van der Waals surface area contributed by atoms with E-state index in [0.29, 0.717) is 5.41 Å². The topological polar surface area (TPSA) is 0 Å². The van der Waals surface area contributed by atoms with Gasteiger partial charge in [0.05, 0.1) is 0 Å². The molecule has 1 unspecified atom stereocenters. The molecule has 3 aliphatic rings. The van der Waals surface area contributed by atoms with Crippen molar-refractivity contribution < 1.29 is 0 Å². The highest BCUT2D eigenvalue weighted by Gasteiger charge is 2.48. The Morgan fingerprint density at radius 1 is 1.05 bits per heavy atom. The molecule has 0 amide bonds.